The average molecular weight is 218 g/mol. The molecule has 0 aromatic heterocycles. The Hall–Kier alpha value is -1.48. The van der Waals surface area contributed by atoms with E-state index in [1.165, 1.54) is 12.0 Å². The Morgan fingerprint density at radius 2 is 1.87 bits per heavy atom. The molecule has 0 saturated heterocycles. The molecule has 76 valence electrons. The Labute approximate surface area is 92.5 Å². The van der Waals surface area contributed by atoms with Crippen LogP contribution in [0.5, 0.6) is 5.75 Å². The van der Waals surface area contributed by atoms with Crippen LogP contribution in [0.4, 0.5) is 0 Å². The van der Waals surface area contributed by atoms with Gasteiger partial charge in [0.25, 0.3) is 0 Å². The molecule has 3 heteroatoms. The Bertz CT molecular complexity index is 494. The van der Waals surface area contributed by atoms with Crippen LogP contribution in [0.3, 0.4) is 0 Å². The summed E-state index contributed by atoms with van der Waals surface area (Å²) in [4.78, 5) is 10.6. The van der Waals surface area contributed by atoms with E-state index in [2.05, 4.69) is 0 Å². The maximum atomic E-state index is 10.6. The SMILES string of the molecule is CSOc1ccc2cc(C=O)ccc2c1. The predicted molar refractivity (Wildman–Crippen MR) is 63.5 cm³/mol. The van der Waals surface area contributed by atoms with Gasteiger partial charge in [-0.05, 0) is 29.0 Å². The molecule has 0 N–H and O–H groups in total. The standard InChI is InChI=1S/C12H10O2S/c1-15-14-12-5-4-10-6-9(8-13)2-3-11(10)7-12/h2-8H,1H3. The van der Waals surface area contributed by atoms with Gasteiger partial charge < -0.3 is 4.18 Å². The van der Waals surface area contributed by atoms with Crippen molar-refractivity contribution in [2.75, 3.05) is 6.26 Å². The van der Waals surface area contributed by atoms with Gasteiger partial charge in [-0.3, -0.25) is 4.79 Å². The summed E-state index contributed by atoms with van der Waals surface area (Å²) in [5.74, 6) is 0.828. The number of aldehydes is 1. The summed E-state index contributed by atoms with van der Waals surface area (Å²) in [6, 6.07) is 11.4. The fraction of sp³-hybridized carbons (Fsp3) is 0.0833. The molecular formula is C12H10O2S. The van der Waals surface area contributed by atoms with Crippen molar-refractivity contribution in [2.24, 2.45) is 0 Å². The van der Waals surface area contributed by atoms with E-state index in [4.69, 9.17) is 4.18 Å². The van der Waals surface area contributed by atoms with Crippen LogP contribution in [0.2, 0.25) is 0 Å². The van der Waals surface area contributed by atoms with Gasteiger partial charge in [-0.25, -0.2) is 0 Å². The quantitative estimate of drug-likeness (QED) is 0.584. The molecule has 0 atom stereocenters. The normalized spacial score (nSPS) is 10.2. The van der Waals surface area contributed by atoms with Gasteiger partial charge in [-0.2, -0.15) is 0 Å². The van der Waals surface area contributed by atoms with Crippen LogP contribution in [0.25, 0.3) is 10.8 Å². The third-order valence-corrected chi connectivity index (χ3v) is 2.51. The van der Waals surface area contributed by atoms with Gasteiger partial charge in [0.1, 0.15) is 12.0 Å². The van der Waals surface area contributed by atoms with Crippen LogP contribution in [0.15, 0.2) is 36.4 Å². The van der Waals surface area contributed by atoms with Crippen molar-refractivity contribution < 1.29 is 8.98 Å². The second kappa shape index (κ2) is 4.36. The second-order valence-corrected chi connectivity index (χ2v) is 3.64. The summed E-state index contributed by atoms with van der Waals surface area (Å²) in [7, 11) is 0. The topological polar surface area (TPSA) is 26.3 Å². The average Bonchev–Trinajstić information content (AvgIpc) is 2.29. The molecule has 2 nitrogen and oxygen atoms in total. The van der Waals surface area contributed by atoms with Crippen LogP contribution in [-0.2, 0) is 0 Å². The Morgan fingerprint density at radius 3 is 2.60 bits per heavy atom. The highest BCUT2D eigenvalue weighted by atomic mass is 32.2. The van der Waals surface area contributed by atoms with E-state index < -0.39 is 0 Å². The Kier molecular flexibility index (Phi) is 2.92. The lowest BCUT2D eigenvalue weighted by atomic mass is 10.1. The molecule has 0 aliphatic rings. The maximum Gasteiger partial charge on any atom is 0.150 e. The Morgan fingerprint density at radius 1 is 1.13 bits per heavy atom. The van der Waals surface area contributed by atoms with Gasteiger partial charge in [0.05, 0.1) is 12.0 Å². The zero-order valence-electron chi connectivity index (χ0n) is 8.27. The minimum absolute atomic E-state index is 0.695. The highest BCUT2D eigenvalue weighted by molar-refractivity contribution is 7.94. The number of rotatable bonds is 3. The van der Waals surface area contributed by atoms with E-state index in [-0.39, 0.29) is 0 Å². The number of hydrogen-bond donors (Lipinski definition) is 0. The number of fused-ring (bicyclic) bond motifs is 1. The van der Waals surface area contributed by atoms with Crippen molar-refractivity contribution in [3.8, 4) is 5.75 Å². The zero-order valence-corrected chi connectivity index (χ0v) is 9.08. The van der Waals surface area contributed by atoms with Crippen LogP contribution in [-0.4, -0.2) is 12.5 Å². The summed E-state index contributed by atoms with van der Waals surface area (Å²) in [6.45, 7) is 0. The highest BCUT2D eigenvalue weighted by Crippen LogP contribution is 2.23. The molecule has 2 aromatic carbocycles. The number of carbonyl (C=O) groups is 1. The molecule has 15 heavy (non-hydrogen) atoms. The summed E-state index contributed by atoms with van der Waals surface area (Å²) in [5, 5.41) is 2.13. The molecule has 0 aliphatic heterocycles. The third-order valence-electron chi connectivity index (χ3n) is 2.15. The van der Waals surface area contributed by atoms with Gasteiger partial charge in [-0.15, -0.1) is 0 Å². The fourth-order valence-electron chi connectivity index (χ4n) is 1.46. The van der Waals surface area contributed by atoms with Crippen LogP contribution in [0.1, 0.15) is 10.4 Å². The van der Waals surface area contributed by atoms with Gasteiger partial charge in [0, 0.05) is 11.8 Å². The molecule has 0 unspecified atom stereocenters. The molecule has 0 fully saturated rings. The van der Waals surface area contributed by atoms with Crippen molar-refractivity contribution >= 4 is 29.1 Å². The molecule has 0 bridgehead atoms. The van der Waals surface area contributed by atoms with Crippen LogP contribution >= 0.6 is 12.0 Å². The first kappa shape index (κ1) is 10.1. The van der Waals surface area contributed by atoms with Gasteiger partial charge in [0.15, 0.2) is 0 Å². The smallest absolute Gasteiger partial charge is 0.150 e. The van der Waals surface area contributed by atoms with E-state index >= 15 is 0 Å². The van der Waals surface area contributed by atoms with E-state index in [9.17, 15) is 4.79 Å². The molecule has 0 aliphatic carbocycles. The summed E-state index contributed by atoms with van der Waals surface area (Å²) in [6.07, 6.45) is 2.73. The van der Waals surface area contributed by atoms with Gasteiger partial charge >= 0.3 is 0 Å². The van der Waals surface area contributed by atoms with Gasteiger partial charge in [0.2, 0.25) is 0 Å². The molecule has 0 amide bonds. The maximum absolute atomic E-state index is 10.6. The van der Waals surface area contributed by atoms with Gasteiger partial charge in [-0.1, -0.05) is 18.2 Å². The lowest BCUT2D eigenvalue weighted by molar-refractivity contribution is 0.112. The van der Waals surface area contributed by atoms with Crippen molar-refractivity contribution in [1.82, 2.24) is 0 Å². The lowest BCUT2D eigenvalue weighted by Gasteiger charge is -2.03. The molecule has 0 radical (unpaired) electrons. The molecule has 0 saturated carbocycles. The molecule has 0 spiro atoms. The first-order valence-electron chi connectivity index (χ1n) is 4.53. The molecule has 0 heterocycles. The van der Waals surface area contributed by atoms with Crippen LogP contribution in [0, 0.1) is 0 Å². The first-order chi connectivity index (χ1) is 7.33. The number of hydrogen-bond acceptors (Lipinski definition) is 3. The zero-order chi connectivity index (χ0) is 10.7. The third kappa shape index (κ3) is 2.13. The van der Waals surface area contributed by atoms with E-state index in [0.717, 1.165) is 22.8 Å². The van der Waals surface area contributed by atoms with Crippen LogP contribution < -0.4 is 4.18 Å². The lowest BCUT2D eigenvalue weighted by Crippen LogP contribution is -1.82. The largest absolute Gasteiger partial charge is 0.426 e. The van der Waals surface area contributed by atoms with Crippen molar-refractivity contribution in [2.45, 2.75) is 0 Å². The minimum Gasteiger partial charge on any atom is -0.426 e. The van der Waals surface area contributed by atoms with Crippen molar-refractivity contribution in [3.05, 3.63) is 42.0 Å². The molecular weight excluding hydrogens is 208 g/mol. The Balaban J connectivity index is 2.49. The highest BCUT2D eigenvalue weighted by Gasteiger charge is 1.98. The first-order valence-corrected chi connectivity index (χ1v) is 5.68. The minimum atomic E-state index is 0.695. The molecule has 2 rings (SSSR count). The van der Waals surface area contributed by atoms with E-state index in [1.54, 1.807) is 6.07 Å². The summed E-state index contributed by atoms with van der Waals surface area (Å²) in [5.41, 5.74) is 0.695. The van der Waals surface area contributed by atoms with Crippen molar-refractivity contribution in [1.29, 1.82) is 0 Å². The second-order valence-electron chi connectivity index (χ2n) is 3.14. The summed E-state index contributed by atoms with van der Waals surface area (Å²) < 4.78 is 5.32. The number of carbonyl (C=O) groups excluding carboxylic acids is 1. The summed E-state index contributed by atoms with van der Waals surface area (Å²) >= 11 is 1.31. The monoisotopic (exact) mass is 218 g/mol. The van der Waals surface area contributed by atoms with E-state index in [0.29, 0.717) is 5.56 Å². The predicted octanol–water partition coefficient (Wildman–Crippen LogP) is 3.31. The fourth-order valence-corrected chi connectivity index (χ4v) is 1.76. The van der Waals surface area contributed by atoms with E-state index in [1.807, 2.05) is 36.6 Å². The van der Waals surface area contributed by atoms with Crippen molar-refractivity contribution in [3.63, 3.8) is 0 Å². The molecule has 2 aromatic rings. The number of benzene rings is 2.